The first kappa shape index (κ1) is 33.4. The number of aliphatic hydroxyl groups is 4. The monoisotopic (exact) mass is 640 g/mol. The molecule has 0 saturated carbocycles. The molecule has 3 aliphatic rings. The smallest absolute Gasteiger partial charge is 0.243 e. The number of aliphatic hydroxyl groups excluding tert-OH is 4. The summed E-state index contributed by atoms with van der Waals surface area (Å²) in [5.41, 5.74) is 1.51. The lowest BCUT2D eigenvalue weighted by Crippen LogP contribution is -2.51. The second-order valence-corrected chi connectivity index (χ2v) is 11.9. The Kier molecular flexibility index (Phi) is 11.0. The van der Waals surface area contributed by atoms with E-state index in [9.17, 15) is 39.6 Å². The van der Waals surface area contributed by atoms with Crippen molar-refractivity contribution in [2.75, 3.05) is 13.1 Å². The SMILES string of the molecule is O=C1C[C@@H]2O[C@H](CNC(=O)[C@H](Cc3ccccc3)NC(=O)C[C@@H]3O[C@H](CNC(=O)[C@H](Cc4ccccc4)N1)[C@@H](O)[C@H]3O)[C@@H](O)[C@H]2O. The van der Waals surface area contributed by atoms with Crippen molar-refractivity contribution in [1.82, 2.24) is 21.3 Å². The number of hydrogen-bond acceptors (Lipinski definition) is 10. The van der Waals surface area contributed by atoms with Crippen LogP contribution in [0.1, 0.15) is 24.0 Å². The van der Waals surface area contributed by atoms with E-state index < -0.39 is 84.5 Å². The van der Waals surface area contributed by atoms with Gasteiger partial charge in [-0.05, 0) is 11.1 Å². The Morgan fingerprint density at radius 2 is 0.891 bits per heavy atom. The number of nitrogens with one attached hydrogen (secondary N) is 4. The molecule has 46 heavy (non-hydrogen) atoms. The molecule has 248 valence electrons. The van der Waals surface area contributed by atoms with Crippen LogP contribution in [0.25, 0.3) is 0 Å². The van der Waals surface area contributed by atoms with Crippen molar-refractivity contribution in [3.8, 4) is 0 Å². The molecule has 0 spiro atoms. The van der Waals surface area contributed by atoms with Gasteiger partial charge in [0, 0.05) is 25.9 Å². The van der Waals surface area contributed by atoms with Gasteiger partial charge in [0.05, 0.1) is 25.0 Å². The van der Waals surface area contributed by atoms with Gasteiger partial charge in [-0.15, -0.1) is 0 Å². The molecule has 0 aromatic heterocycles. The van der Waals surface area contributed by atoms with Crippen molar-refractivity contribution < 1.29 is 49.1 Å². The van der Waals surface area contributed by atoms with Crippen molar-refractivity contribution in [3.63, 3.8) is 0 Å². The van der Waals surface area contributed by atoms with Gasteiger partial charge in [0.2, 0.25) is 23.6 Å². The number of ether oxygens (including phenoxy) is 2. The topological polar surface area (TPSA) is 216 Å². The lowest BCUT2D eigenvalue weighted by atomic mass is 10.0. The Hall–Kier alpha value is -3.92. The number of carbonyl (C=O) groups is 4. The highest BCUT2D eigenvalue weighted by molar-refractivity contribution is 5.89. The molecule has 3 aliphatic heterocycles. The molecule has 3 saturated heterocycles. The van der Waals surface area contributed by atoms with E-state index in [4.69, 9.17) is 9.47 Å². The van der Waals surface area contributed by atoms with Gasteiger partial charge < -0.3 is 51.2 Å². The van der Waals surface area contributed by atoms with Gasteiger partial charge in [-0.2, -0.15) is 0 Å². The third-order valence-corrected chi connectivity index (χ3v) is 8.52. The molecule has 14 heteroatoms. The molecular formula is C32H40N4O10. The van der Waals surface area contributed by atoms with Crippen molar-refractivity contribution in [2.45, 2.75) is 86.6 Å². The van der Waals surface area contributed by atoms with Crippen LogP contribution in [0, 0.1) is 0 Å². The molecule has 4 amide bonds. The first-order chi connectivity index (χ1) is 22.1. The van der Waals surface area contributed by atoms with Crippen LogP contribution in [0.15, 0.2) is 60.7 Å². The molecule has 14 nitrogen and oxygen atoms in total. The summed E-state index contributed by atoms with van der Waals surface area (Å²) in [6, 6.07) is 15.8. The zero-order chi connectivity index (χ0) is 32.8. The minimum absolute atomic E-state index is 0.118. The molecule has 10 atom stereocenters. The van der Waals surface area contributed by atoms with Gasteiger partial charge >= 0.3 is 0 Å². The number of fused-ring (bicyclic) bond motifs is 4. The van der Waals surface area contributed by atoms with Crippen LogP contribution in [-0.2, 0) is 41.5 Å². The van der Waals surface area contributed by atoms with E-state index in [2.05, 4.69) is 21.3 Å². The van der Waals surface area contributed by atoms with E-state index >= 15 is 0 Å². The summed E-state index contributed by atoms with van der Waals surface area (Å²) in [5, 5.41) is 53.2. The minimum atomic E-state index is -1.44. The van der Waals surface area contributed by atoms with Crippen LogP contribution in [0.3, 0.4) is 0 Å². The molecule has 3 fully saturated rings. The fraction of sp³-hybridized carbons (Fsp3) is 0.500. The van der Waals surface area contributed by atoms with Gasteiger partial charge in [0.25, 0.3) is 0 Å². The third-order valence-electron chi connectivity index (χ3n) is 8.52. The van der Waals surface area contributed by atoms with E-state index in [1.54, 1.807) is 48.5 Å². The summed E-state index contributed by atoms with van der Waals surface area (Å²) in [7, 11) is 0. The van der Waals surface area contributed by atoms with Crippen molar-refractivity contribution in [3.05, 3.63) is 71.8 Å². The van der Waals surface area contributed by atoms with Crippen LogP contribution in [0.5, 0.6) is 0 Å². The number of amides is 4. The van der Waals surface area contributed by atoms with Crippen molar-refractivity contribution in [2.24, 2.45) is 0 Å². The normalized spacial score (nSPS) is 34.6. The van der Waals surface area contributed by atoms with Gasteiger partial charge in [-0.1, -0.05) is 60.7 Å². The highest BCUT2D eigenvalue weighted by Crippen LogP contribution is 2.25. The maximum Gasteiger partial charge on any atom is 0.243 e. The molecule has 3 heterocycles. The second kappa shape index (κ2) is 15.1. The number of benzene rings is 2. The molecule has 5 rings (SSSR count). The van der Waals surface area contributed by atoms with Gasteiger partial charge in [-0.3, -0.25) is 19.2 Å². The predicted molar refractivity (Wildman–Crippen MR) is 161 cm³/mol. The summed E-state index contributed by atoms with van der Waals surface area (Å²) >= 11 is 0. The number of rotatable bonds is 4. The van der Waals surface area contributed by atoms with E-state index in [1.165, 1.54) is 0 Å². The molecule has 0 aliphatic carbocycles. The Bertz CT molecular complexity index is 1260. The standard InChI is InChI=1S/C32H40N4O10/c37-25-13-21-27(39)30(42)24(45-21)16-34-32(44)20(12-18-9-5-2-6-10-18)36-26(38)14-22-28(40)29(41)23(46-22)15-33-31(43)19(35-25)11-17-7-3-1-4-8-17/h1-10,19-24,27-30,39-42H,11-16H2,(H,33,43)(H,34,44)(H,35,37)(H,36,38)/t19-,20-,21-,22-,23+,24+,27-,28-,29+,30+/m0/s1. The van der Waals surface area contributed by atoms with Gasteiger partial charge in [-0.25, -0.2) is 0 Å². The predicted octanol–water partition coefficient (Wildman–Crippen LogP) is -2.55. The van der Waals surface area contributed by atoms with Crippen LogP contribution in [0.2, 0.25) is 0 Å². The summed E-state index contributed by atoms with van der Waals surface area (Å²) in [6.45, 7) is -0.457. The molecule has 2 aromatic rings. The zero-order valence-electron chi connectivity index (χ0n) is 25.0. The molecule has 0 unspecified atom stereocenters. The van der Waals surface area contributed by atoms with Crippen LogP contribution < -0.4 is 21.3 Å². The minimum Gasteiger partial charge on any atom is -0.388 e. The zero-order valence-corrected chi connectivity index (χ0v) is 25.0. The maximum absolute atomic E-state index is 13.3. The summed E-state index contributed by atoms with van der Waals surface area (Å²) in [6.07, 6.45) is -10.6. The highest BCUT2D eigenvalue weighted by atomic mass is 16.5. The summed E-state index contributed by atoms with van der Waals surface area (Å²) < 4.78 is 11.5. The third kappa shape index (κ3) is 8.26. The number of carbonyl (C=O) groups excluding carboxylic acids is 4. The lowest BCUT2D eigenvalue weighted by molar-refractivity contribution is -0.132. The summed E-state index contributed by atoms with van der Waals surface area (Å²) in [5.74, 6) is -2.42. The summed E-state index contributed by atoms with van der Waals surface area (Å²) in [4.78, 5) is 52.8. The quantitative estimate of drug-likeness (QED) is 0.175. The Balaban J connectivity index is 1.36. The molecular weight excluding hydrogens is 600 g/mol. The second-order valence-electron chi connectivity index (χ2n) is 11.9. The van der Waals surface area contributed by atoms with Crippen LogP contribution in [0.4, 0.5) is 0 Å². The van der Waals surface area contributed by atoms with Crippen LogP contribution in [-0.4, -0.2) is 118 Å². The number of hydrogen-bond donors (Lipinski definition) is 8. The fourth-order valence-electron chi connectivity index (χ4n) is 5.97. The first-order valence-electron chi connectivity index (χ1n) is 15.3. The lowest BCUT2D eigenvalue weighted by Gasteiger charge is -2.23. The molecule has 2 aromatic carbocycles. The van der Waals surface area contributed by atoms with Crippen molar-refractivity contribution >= 4 is 23.6 Å². The Morgan fingerprint density at radius 1 is 0.543 bits per heavy atom. The highest BCUT2D eigenvalue weighted by Gasteiger charge is 2.45. The Morgan fingerprint density at radius 3 is 1.26 bits per heavy atom. The van der Waals surface area contributed by atoms with E-state index in [1.807, 2.05) is 12.1 Å². The average Bonchev–Trinajstić information content (AvgIpc) is 3.46. The largest absolute Gasteiger partial charge is 0.388 e. The van der Waals surface area contributed by atoms with E-state index in [0.29, 0.717) is 0 Å². The van der Waals surface area contributed by atoms with E-state index in [-0.39, 0.29) is 38.8 Å². The van der Waals surface area contributed by atoms with Crippen LogP contribution >= 0.6 is 0 Å². The fourth-order valence-corrected chi connectivity index (χ4v) is 5.97. The van der Waals surface area contributed by atoms with Gasteiger partial charge in [0.15, 0.2) is 0 Å². The van der Waals surface area contributed by atoms with E-state index in [0.717, 1.165) is 11.1 Å². The first-order valence-corrected chi connectivity index (χ1v) is 15.3. The van der Waals surface area contributed by atoms with Crippen molar-refractivity contribution in [1.29, 1.82) is 0 Å². The molecule has 8 N–H and O–H groups in total. The average molecular weight is 641 g/mol. The molecule has 0 radical (unpaired) electrons. The molecule has 4 bridgehead atoms. The Labute approximate surface area is 265 Å². The maximum atomic E-state index is 13.3. The van der Waals surface area contributed by atoms with Gasteiger partial charge in [0.1, 0.15) is 48.7 Å².